The summed E-state index contributed by atoms with van der Waals surface area (Å²) in [6.45, 7) is 2.54. The van der Waals surface area contributed by atoms with Gasteiger partial charge in [-0.3, -0.25) is 4.79 Å². The quantitative estimate of drug-likeness (QED) is 0.788. The molecule has 1 amide bonds. The summed E-state index contributed by atoms with van der Waals surface area (Å²) in [4.78, 5) is 12.3. The molecule has 23 heavy (non-hydrogen) atoms. The molecule has 3 aromatic rings. The highest BCUT2D eigenvalue weighted by molar-refractivity contribution is 5.92. The maximum atomic E-state index is 12.3. The highest BCUT2D eigenvalue weighted by atomic mass is 16.2. The van der Waals surface area contributed by atoms with E-state index in [0.29, 0.717) is 12.2 Å². The fourth-order valence-corrected chi connectivity index (χ4v) is 2.35. The number of aromatic nitrogens is 3. The molecule has 1 N–H and O–H groups in total. The molecule has 1 aromatic heterocycles. The van der Waals surface area contributed by atoms with Gasteiger partial charge in [-0.05, 0) is 18.1 Å². The van der Waals surface area contributed by atoms with Crippen LogP contribution in [0.2, 0.25) is 0 Å². The Morgan fingerprint density at radius 3 is 2.43 bits per heavy atom. The zero-order valence-electron chi connectivity index (χ0n) is 12.9. The number of nitrogens with zero attached hydrogens (tertiary/aromatic N) is 3. The minimum Gasteiger partial charge on any atom is -0.344 e. The van der Waals surface area contributed by atoms with E-state index < -0.39 is 0 Å². The largest absolute Gasteiger partial charge is 0.344 e. The molecule has 116 valence electrons. The van der Waals surface area contributed by atoms with E-state index in [4.69, 9.17) is 0 Å². The lowest BCUT2D eigenvalue weighted by atomic mass is 10.1. The van der Waals surface area contributed by atoms with E-state index in [1.165, 1.54) is 0 Å². The molecular weight excluding hydrogens is 288 g/mol. The summed E-state index contributed by atoms with van der Waals surface area (Å²) in [6.07, 6.45) is 1.67. The Kier molecular flexibility index (Phi) is 4.47. The molecule has 5 heteroatoms. The molecule has 0 saturated carbocycles. The van der Waals surface area contributed by atoms with E-state index in [1.807, 2.05) is 67.6 Å². The van der Waals surface area contributed by atoms with Crippen LogP contribution in [-0.4, -0.2) is 20.9 Å². The summed E-state index contributed by atoms with van der Waals surface area (Å²) in [5.41, 5.74) is 2.49. The molecule has 0 radical (unpaired) electrons. The standard InChI is InChI=1S/C18H18N4O/c1-14(16-10-6-3-7-11-16)19-18(23)17-13-22(21-20-17)12-15-8-4-2-5-9-15/h2-11,13-14H,12H2,1H3,(H,19,23). The van der Waals surface area contributed by atoms with Crippen LogP contribution in [0.15, 0.2) is 66.9 Å². The SMILES string of the molecule is CC(NC(=O)c1cn(Cc2ccccc2)nn1)c1ccccc1. The van der Waals surface area contributed by atoms with E-state index in [2.05, 4.69) is 15.6 Å². The fourth-order valence-electron chi connectivity index (χ4n) is 2.35. The molecular formula is C18H18N4O. The van der Waals surface area contributed by atoms with Gasteiger partial charge in [0.25, 0.3) is 5.91 Å². The molecule has 5 nitrogen and oxygen atoms in total. The molecule has 0 saturated heterocycles. The van der Waals surface area contributed by atoms with Gasteiger partial charge in [0.2, 0.25) is 0 Å². The van der Waals surface area contributed by atoms with Crippen LogP contribution in [0.4, 0.5) is 0 Å². The minimum atomic E-state index is -0.222. The Balaban J connectivity index is 1.64. The average molecular weight is 306 g/mol. The van der Waals surface area contributed by atoms with E-state index >= 15 is 0 Å². The lowest BCUT2D eigenvalue weighted by Crippen LogP contribution is -2.26. The van der Waals surface area contributed by atoms with Crippen LogP contribution in [-0.2, 0) is 6.54 Å². The van der Waals surface area contributed by atoms with Crippen LogP contribution in [0.25, 0.3) is 0 Å². The predicted molar refractivity (Wildman–Crippen MR) is 87.9 cm³/mol. The molecule has 2 aromatic carbocycles. The Labute approximate surface area is 135 Å². The number of hydrogen-bond donors (Lipinski definition) is 1. The van der Waals surface area contributed by atoms with Crippen molar-refractivity contribution in [1.82, 2.24) is 20.3 Å². The summed E-state index contributed by atoms with van der Waals surface area (Å²) in [6, 6.07) is 19.7. The summed E-state index contributed by atoms with van der Waals surface area (Å²) < 4.78 is 1.66. The van der Waals surface area contributed by atoms with Crippen molar-refractivity contribution in [2.75, 3.05) is 0 Å². The first-order valence-corrected chi connectivity index (χ1v) is 7.52. The summed E-state index contributed by atoms with van der Waals surface area (Å²) in [5, 5.41) is 10.9. The van der Waals surface area contributed by atoms with Crippen molar-refractivity contribution in [1.29, 1.82) is 0 Å². The lowest BCUT2D eigenvalue weighted by Gasteiger charge is -2.12. The fraction of sp³-hybridized carbons (Fsp3) is 0.167. The molecule has 1 unspecified atom stereocenters. The third-order valence-corrected chi connectivity index (χ3v) is 3.61. The molecule has 3 rings (SSSR count). The monoisotopic (exact) mass is 306 g/mol. The minimum absolute atomic E-state index is 0.0806. The first-order valence-electron chi connectivity index (χ1n) is 7.52. The topological polar surface area (TPSA) is 59.8 Å². The first-order chi connectivity index (χ1) is 11.2. The molecule has 0 aliphatic rings. The van der Waals surface area contributed by atoms with Crippen molar-refractivity contribution < 1.29 is 4.79 Å². The summed E-state index contributed by atoms with van der Waals surface area (Å²) >= 11 is 0. The second kappa shape index (κ2) is 6.87. The molecule has 0 fully saturated rings. The molecule has 0 bridgehead atoms. The zero-order valence-corrected chi connectivity index (χ0v) is 12.9. The molecule has 1 heterocycles. The number of amides is 1. The Morgan fingerprint density at radius 1 is 1.09 bits per heavy atom. The molecule has 0 aliphatic heterocycles. The third-order valence-electron chi connectivity index (χ3n) is 3.61. The van der Waals surface area contributed by atoms with Gasteiger partial charge < -0.3 is 5.32 Å². The number of rotatable bonds is 5. The van der Waals surface area contributed by atoms with Gasteiger partial charge in [0.15, 0.2) is 5.69 Å². The van der Waals surface area contributed by atoms with E-state index in [0.717, 1.165) is 11.1 Å². The van der Waals surface area contributed by atoms with Crippen molar-refractivity contribution >= 4 is 5.91 Å². The second-order valence-electron chi connectivity index (χ2n) is 5.39. The summed E-state index contributed by atoms with van der Waals surface area (Å²) in [5.74, 6) is -0.222. The highest BCUT2D eigenvalue weighted by Gasteiger charge is 2.14. The highest BCUT2D eigenvalue weighted by Crippen LogP contribution is 2.12. The van der Waals surface area contributed by atoms with E-state index in [1.54, 1.807) is 10.9 Å². The van der Waals surface area contributed by atoms with Crippen molar-refractivity contribution in [2.45, 2.75) is 19.5 Å². The number of hydrogen-bond acceptors (Lipinski definition) is 3. The molecule has 1 atom stereocenters. The Hall–Kier alpha value is -2.95. The normalized spacial score (nSPS) is 11.9. The van der Waals surface area contributed by atoms with Crippen molar-refractivity contribution in [3.63, 3.8) is 0 Å². The maximum Gasteiger partial charge on any atom is 0.273 e. The third kappa shape index (κ3) is 3.83. The van der Waals surface area contributed by atoms with Crippen LogP contribution in [0.5, 0.6) is 0 Å². The van der Waals surface area contributed by atoms with Crippen LogP contribution < -0.4 is 5.32 Å². The number of carbonyl (C=O) groups excluding carboxylic acids is 1. The number of carbonyl (C=O) groups is 1. The van der Waals surface area contributed by atoms with Gasteiger partial charge in [-0.2, -0.15) is 0 Å². The van der Waals surface area contributed by atoms with Crippen LogP contribution in [0.3, 0.4) is 0 Å². The van der Waals surface area contributed by atoms with Crippen molar-refractivity contribution in [3.8, 4) is 0 Å². The van der Waals surface area contributed by atoms with Crippen LogP contribution in [0, 0.1) is 0 Å². The van der Waals surface area contributed by atoms with E-state index in [9.17, 15) is 4.79 Å². The van der Waals surface area contributed by atoms with Crippen molar-refractivity contribution in [3.05, 3.63) is 83.7 Å². The van der Waals surface area contributed by atoms with Gasteiger partial charge in [0.1, 0.15) is 0 Å². The van der Waals surface area contributed by atoms with Crippen LogP contribution >= 0.6 is 0 Å². The van der Waals surface area contributed by atoms with Gasteiger partial charge in [0.05, 0.1) is 18.8 Å². The van der Waals surface area contributed by atoms with Gasteiger partial charge in [-0.1, -0.05) is 65.9 Å². The number of nitrogens with one attached hydrogen (secondary N) is 1. The predicted octanol–water partition coefficient (Wildman–Crippen LogP) is 2.82. The van der Waals surface area contributed by atoms with Crippen molar-refractivity contribution in [2.24, 2.45) is 0 Å². The average Bonchev–Trinajstić information content (AvgIpc) is 3.05. The second-order valence-corrected chi connectivity index (χ2v) is 5.39. The van der Waals surface area contributed by atoms with Gasteiger partial charge in [0, 0.05) is 0 Å². The van der Waals surface area contributed by atoms with Gasteiger partial charge >= 0.3 is 0 Å². The molecule has 0 aliphatic carbocycles. The lowest BCUT2D eigenvalue weighted by molar-refractivity contribution is 0.0934. The van der Waals surface area contributed by atoms with Gasteiger partial charge in [-0.15, -0.1) is 5.10 Å². The maximum absolute atomic E-state index is 12.3. The molecule has 0 spiro atoms. The summed E-state index contributed by atoms with van der Waals surface area (Å²) in [7, 11) is 0. The zero-order chi connectivity index (χ0) is 16.1. The number of benzene rings is 2. The van der Waals surface area contributed by atoms with E-state index in [-0.39, 0.29) is 11.9 Å². The van der Waals surface area contributed by atoms with Gasteiger partial charge in [-0.25, -0.2) is 4.68 Å². The van der Waals surface area contributed by atoms with Crippen LogP contribution in [0.1, 0.15) is 34.6 Å². The smallest absolute Gasteiger partial charge is 0.273 e. The first kappa shape index (κ1) is 15.0. The Bertz CT molecular complexity index is 768. The Morgan fingerprint density at radius 2 is 1.74 bits per heavy atom.